The van der Waals surface area contributed by atoms with Gasteiger partial charge in [0.15, 0.2) is 0 Å². The molecule has 0 aliphatic heterocycles. The minimum atomic E-state index is -5.96. The van der Waals surface area contributed by atoms with E-state index in [0.29, 0.717) is 0 Å². The molecule has 0 amide bonds. The van der Waals surface area contributed by atoms with Crippen LogP contribution >= 0.6 is 0 Å². The predicted molar refractivity (Wildman–Crippen MR) is 30.0 cm³/mol. The number of halogens is 6. The molecule has 0 rings (SSSR count). The summed E-state index contributed by atoms with van der Waals surface area (Å²) in [7, 11) is -4.76. The van der Waals surface area contributed by atoms with E-state index in [1.54, 1.807) is 0 Å². The Labute approximate surface area is 81.9 Å². The first-order valence-corrected chi connectivity index (χ1v) is 3.28. The summed E-state index contributed by atoms with van der Waals surface area (Å²) in [5.41, 5.74) is 0. The van der Waals surface area contributed by atoms with Crippen molar-refractivity contribution in [2.24, 2.45) is 0 Å². The van der Waals surface area contributed by atoms with E-state index >= 15 is 0 Å². The van der Waals surface area contributed by atoms with E-state index in [1.807, 2.05) is 0 Å². The van der Waals surface area contributed by atoms with Crippen LogP contribution in [0, 0.1) is 0 Å². The molecular formula is C2HF6LiNO2S. The molecule has 13 heavy (non-hydrogen) atoms. The maximum Gasteiger partial charge on any atom is 0.480 e. The van der Waals surface area contributed by atoms with Gasteiger partial charge in [0.25, 0.3) is 0 Å². The SMILES string of the molecule is O=[SH](=O)N(C(F)(F)F)C(F)(F)F.[Li]. The van der Waals surface area contributed by atoms with Crippen molar-refractivity contribution >= 4 is 29.8 Å². The molecule has 0 N–H and O–H groups in total. The Hall–Kier alpha value is 0.0874. The Kier molecular flexibility index (Phi) is 5.43. The van der Waals surface area contributed by atoms with E-state index in [-0.39, 0.29) is 18.9 Å². The third-order valence-electron chi connectivity index (χ3n) is 0.644. The van der Waals surface area contributed by atoms with Crippen LogP contribution in [-0.2, 0) is 10.9 Å². The van der Waals surface area contributed by atoms with Crippen molar-refractivity contribution in [3.63, 3.8) is 0 Å². The van der Waals surface area contributed by atoms with Gasteiger partial charge in [0.2, 0.25) is 10.9 Å². The molecule has 11 heteroatoms. The number of alkyl halides is 6. The standard InChI is InChI=1S/C2HF6NO2S.Li/c3-1(4,5)9(12(10)11)2(6,7)8;/h12H;. The Morgan fingerprint density at radius 3 is 1.08 bits per heavy atom. The molecule has 0 saturated carbocycles. The topological polar surface area (TPSA) is 37.4 Å². The molecule has 0 aromatic carbocycles. The summed E-state index contributed by atoms with van der Waals surface area (Å²) in [5, 5.41) is 0. The Morgan fingerprint density at radius 1 is 0.846 bits per heavy atom. The second-order valence-corrected chi connectivity index (χ2v) is 2.36. The second kappa shape index (κ2) is 4.54. The van der Waals surface area contributed by atoms with Gasteiger partial charge in [-0.2, -0.15) is 26.3 Å². The van der Waals surface area contributed by atoms with E-state index in [4.69, 9.17) is 0 Å². The predicted octanol–water partition coefficient (Wildman–Crippen LogP) is 0.474. The Bertz CT molecular complexity index is 210. The molecule has 3 nitrogen and oxygen atoms in total. The summed E-state index contributed by atoms with van der Waals surface area (Å²) in [6.45, 7) is 0. The van der Waals surface area contributed by atoms with Crippen LogP contribution in [0.15, 0.2) is 0 Å². The van der Waals surface area contributed by atoms with Crippen LogP contribution in [0.5, 0.6) is 0 Å². The molecule has 0 unspecified atom stereocenters. The maximum atomic E-state index is 11.3. The molecule has 0 fully saturated rings. The van der Waals surface area contributed by atoms with Crippen molar-refractivity contribution in [3.8, 4) is 0 Å². The van der Waals surface area contributed by atoms with Crippen molar-refractivity contribution in [3.05, 3.63) is 0 Å². The van der Waals surface area contributed by atoms with Gasteiger partial charge in [0, 0.05) is 18.9 Å². The summed E-state index contributed by atoms with van der Waals surface area (Å²) in [6, 6.07) is 0. The normalized spacial score (nSPS) is 13.2. The zero-order valence-electron chi connectivity index (χ0n) is 5.98. The third-order valence-corrected chi connectivity index (χ3v) is 1.42. The van der Waals surface area contributed by atoms with Crippen molar-refractivity contribution in [1.29, 1.82) is 0 Å². The quantitative estimate of drug-likeness (QED) is 0.304. The maximum absolute atomic E-state index is 11.3. The Morgan fingerprint density at radius 2 is 1.08 bits per heavy atom. The van der Waals surface area contributed by atoms with Gasteiger partial charge < -0.3 is 0 Å². The van der Waals surface area contributed by atoms with E-state index in [0.717, 1.165) is 0 Å². The van der Waals surface area contributed by atoms with E-state index < -0.39 is 27.8 Å². The van der Waals surface area contributed by atoms with Crippen LogP contribution in [-0.4, -0.2) is 44.2 Å². The number of rotatable bonds is 1. The molecule has 75 valence electrons. The summed E-state index contributed by atoms with van der Waals surface area (Å²) in [6.07, 6.45) is -11.9. The zero-order valence-corrected chi connectivity index (χ0v) is 6.87. The van der Waals surface area contributed by atoms with Gasteiger partial charge in [-0.05, 0) is 4.31 Å². The van der Waals surface area contributed by atoms with Gasteiger partial charge in [-0.25, -0.2) is 8.42 Å². The third kappa shape index (κ3) is 4.75. The summed E-state index contributed by atoms with van der Waals surface area (Å²) in [4.78, 5) is 0. The minimum absolute atomic E-state index is 0. The van der Waals surface area contributed by atoms with Crippen LogP contribution in [0.1, 0.15) is 0 Å². The van der Waals surface area contributed by atoms with E-state index in [2.05, 4.69) is 0 Å². The molecular weight excluding hydrogens is 223 g/mol. The van der Waals surface area contributed by atoms with E-state index in [9.17, 15) is 34.8 Å². The van der Waals surface area contributed by atoms with Crippen LogP contribution in [0.25, 0.3) is 0 Å². The molecule has 0 aliphatic carbocycles. The van der Waals surface area contributed by atoms with Crippen LogP contribution in [0.4, 0.5) is 26.3 Å². The monoisotopic (exact) mass is 224 g/mol. The number of thiol groups is 1. The van der Waals surface area contributed by atoms with Crippen molar-refractivity contribution < 1.29 is 34.8 Å². The fourth-order valence-corrected chi connectivity index (χ4v) is 0.699. The fourth-order valence-electron chi connectivity index (χ4n) is 0.329. The van der Waals surface area contributed by atoms with Gasteiger partial charge >= 0.3 is 12.6 Å². The van der Waals surface area contributed by atoms with Crippen molar-refractivity contribution in [2.45, 2.75) is 12.6 Å². The largest absolute Gasteiger partial charge is 0.480 e. The first-order valence-electron chi connectivity index (χ1n) is 2.15. The molecule has 0 saturated heterocycles. The molecule has 0 aromatic heterocycles. The summed E-state index contributed by atoms with van der Waals surface area (Å²) < 4.78 is 84.3. The molecule has 0 bridgehead atoms. The summed E-state index contributed by atoms with van der Waals surface area (Å²) in [5.74, 6) is 0. The van der Waals surface area contributed by atoms with E-state index in [1.165, 1.54) is 0 Å². The first-order chi connectivity index (χ1) is 5.07. The van der Waals surface area contributed by atoms with Gasteiger partial charge in [-0.1, -0.05) is 0 Å². The van der Waals surface area contributed by atoms with Gasteiger partial charge in [0.05, 0.1) is 0 Å². The smallest absolute Gasteiger partial charge is 0.215 e. The molecule has 0 heterocycles. The molecule has 1 radical (unpaired) electrons. The van der Waals surface area contributed by atoms with Crippen LogP contribution < -0.4 is 0 Å². The summed E-state index contributed by atoms with van der Waals surface area (Å²) >= 11 is 0. The number of hydrogen-bond donors (Lipinski definition) is 1. The second-order valence-electron chi connectivity index (χ2n) is 1.49. The Balaban J connectivity index is 0. The minimum Gasteiger partial charge on any atom is -0.215 e. The average Bonchev–Trinajstić information content (AvgIpc) is 1.49. The molecule has 0 aromatic rings. The van der Waals surface area contributed by atoms with Crippen LogP contribution in [0.2, 0.25) is 0 Å². The van der Waals surface area contributed by atoms with Gasteiger partial charge in [-0.3, -0.25) is 0 Å². The average molecular weight is 224 g/mol. The van der Waals surface area contributed by atoms with Crippen molar-refractivity contribution in [2.75, 3.05) is 0 Å². The first kappa shape index (κ1) is 15.6. The van der Waals surface area contributed by atoms with Crippen LogP contribution in [0.3, 0.4) is 0 Å². The van der Waals surface area contributed by atoms with Crippen molar-refractivity contribution in [1.82, 2.24) is 4.31 Å². The molecule has 0 spiro atoms. The molecule has 0 atom stereocenters. The van der Waals surface area contributed by atoms with Gasteiger partial charge in [-0.15, -0.1) is 0 Å². The zero-order chi connectivity index (χ0) is 10.2. The molecule has 0 aliphatic rings. The van der Waals surface area contributed by atoms with Gasteiger partial charge in [0.1, 0.15) is 0 Å². The number of hydrogen-bond acceptors (Lipinski definition) is 2. The number of nitrogens with zero attached hydrogens (tertiary/aromatic N) is 1. The fraction of sp³-hybridized carbons (Fsp3) is 1.00.